The minimum absolute atomic E-state index is 0.209. The predicted octanol–water partition coefficient (Wildman–Crippen LogP) is 1.36. The number of nitrogens with one attached hydrogen (secondary N) is 1. The molecular formula is C18H24FN3O. The lowest BCUT2D eigenvalue weighted by atomic mass is 9.94. The molecule has 1 unspecified atom stereocenters. The van der Waals surface area contributed by atoms with Gasteiger partial charge < -0.3 is 10.2 Å². The van der Waals surface area contributed by atoms with Gasteiger partial charge in [-0.25, -0.2) is 4.39 Å². The zero-order chi connectivity index (χ0) is 15.9. The Morgan fingerprint density at radius 3 is 2.70 bits per heavy atom. The predicted molar refractivity (Wildman–Crippen MR) is 86.7 cm³/mol. The third-order valence-electron chi connectivity index (χ3n) is 5.66. The first-order valence-electron chi connectivity index (χ1n) is 8.69. The van der Waals surface area contributed by atoms with Crippen molar-refractivity contribution in [2.75, 3.05) is 39.3 Å². The fourth-order valence-electron chi connectivity index (χ4n) is 4.11. The van der Waals surface area contributed by atoms with Crippen LogP contribution in [0.2, 0.25) is 0 Å². The summed E-state index contributed by atoms with van der Waals surface area (Å²) in [5.41, 5.74) is 0.411. The van der Waals surface area contributed by atoms with Crippen molar-refractivity contribution in [1.82, 2.24) is 15.1 Å². The van der Waals surface area contributed by atoms with Crippen LogP contribution in [-0.2, 0) is 10.2 Å². The number of carbonyl (C=O) groups is 1. The monoisotopic (exact) mass is 317 g/mol. The maximum Gasteiger partial charge on any atom is 0.233 e. The molecule has 2 aliphatic heterocycles. The van der Waals surface area contributed by atoms with E-state index >= 15 is 0 Å². The molecule has 2 saturated heterocycles. The molecule has 0 aromatic heterocycles. The molecule has 1 amide bonds. The topological polar surface area (TPSA) is 35.6 Å². The number of likely N-dealkylation sites (tertiary alicyclic amines) is 1. The largest absolute Gasteiger partial charge is 0.340 e. The number of amides is 1. The molecule has 1 saturated carbocycles. The average Bonchev–Trinajstić information content (AvgIpc) is 3.25. The van der Waals surface area contributed by atoms with E-state index in [1.54, 1.807) is 6.07 Å². The van der Waals surface area contributed by atoms with Gasteiger partial charge in [0, 0.05) is 45.3 Å². The van der Waals surface area contributed by atoms with Gasteiger partial charge in [-0.3, -0.25) is 9.69 Å². The number of hydrogen-bond acceptors (Lipinski definition) is 3. The molecule has 4 nitrogen and oxygen atoms in total. The minimum atomic E-state index is -0.444. The zero-order valence-corrected chi connectivity index (χ0v) is 13.4. The molecule has 2 heterocycles. The van der Waals surface area contributed by atoms with Crippen molar-refractivity contribution in [2.45, 2.75) is 30.7 Å². The zero-order valence-electron chi connectivity index (χ0n) is 13.4. The van der Waals surface area contributed by atoms with Crippen LogP contribution in [0.3, 0.4) is 0 Å². The van der Waals surface area contributed by atoms with Gasteiger partial charge in [0.2, 0.25) is 5.91 Å². The van der Waals surface area contributed by atoms with E-state index in [1.807, 2.05) is 11.0 Å². The Morgan fingerprint density at radius 1 is 1.22 bits per heavy atom. The van der Waals surface area contributed by atoms with E-state index in [0.717, 1.165) is 64.1 Å². The van der Waals surface area contributed by atoms with Crippen molar-refractivity contribution in [3.8, 4) is 0 Å². The summed E-state index contributed by atoms with van der Waals surface area (Å²) in [6, 6.07) is 7.09. The summed E-state index contributed by atoms with van der Waals surface area (Å²) in [6.45, 7) is 5.89. The molecule has 1 N–H and O–H groups in total. The number of halogens is 1. The smallest absolute Gasteiger partial charge is 0.233 e. The Hall–Kier alpha value is -1.46. The SMILES string of the molecule is O=C(N1CCC(N2CCNCC2)C1)C1(c2cccc(F)c2)CC1. The molecular weight excluding hydrogens is 293 g/mol. The normalized spacial score (nSPS) is 27.2. The van der Waals surface area contributed by atoms with Crippen molar-refractivity contribution in [2.24, 2.45) is 0 Å². The quantitative estimate of drug-likeness (QED) is 0.914. The Kier molecular flexibility index (Phi) is 3.85. The molecule has 1 aromatic rings. The van der Waals surface area contributed by atoms with Gasteiger partial charge >= 0.3 is 0 Å². The molecule has 0 spiro atoms. The third kappa shape index (κ3) is 2.76. The van der Waals surface area contributed by atoms with Crippen molar-refractivity contribution < 1.29 is 9.18 Å². The number of carbonyl (C=O) groups excluding carboxylic acids is 1. The van der Waals surface area contributed by atoms with Crippen LogP contribution in [0.1, 0.15) is 24.8 Å². The minimum Gasteiger partial charge on any atom is -0.340 e. The van der Waals surface area contributed by atoms with Crippen LogP contribution in [0.15, 0.2) is 24.3 Å². The van der Waals surface area contributed by atoms with Crippen molar-refractivity contribution >= 4 is 5.91 Å². The summed E-state index contributed by atoms with van der Waals surface area (Å²) in [4.78, 5) is 17.6. The molecule has 3 aliphatic rings. The van der Waals surface area contributed by atoms with E-state index in [0.29, 0.717) is 6.04 Å². The number of hydrogen-bond donors (Lipinski definition) is 1. The highest BCUT2D eigenvalue weighted by atomic mass is 19.1. The molecule has 0 radical (unpaired) electrons. The van der Waals surface area contributed by atoms with Crippen LogP contribution in [0.5, 0.6) is 0 Å². The summed E-state index contributed by atoms with van der Waals surface area (Å²) in [6.07, 6.45) is 2.76. The van der Waals surface area contributed by atoms with Crippen LogP contribution < -0.4 is 5.32 Å². The van der Waals surface area contributed by atoms with Gasteiger partial charge in [-0.05, 0) is 37.0 Å². The summed E-state index contributed by atoms with van der Waals surface area (Å²) >= 11 is 0. The van der Waals surface area contributed by atoms with Gasteiger partial charge in [-0.2, -0.15) is 0 Å². The molecule has 124 valence electrons. The summed E-state index contributed by atoms with van der Waals surface area (Å²) in [5.74, 6) is -0.0394. The molecule has 5 heteroatoms. The van der Waals surface area contributed by atoms with Gasteiger partial charge in [0.15, 0.2) is 0 Å². The van der Waals surface area contributed by atoms with Crippen LogP contribution in [0.4, 0.5) is 4.39 Å². The summed E-state index contributed by atoms with van der Waals surface area (Å²) < 4.78 is 13.5. The van der Waals surface area contributed by atoms with E-state index in [-0.39, 0.29) is 11.7 Å². The number of nitrogens with zero attached hydrogens (tertiary/aromatic N) is 2. The molecule has 0 bridgehead atoms. The average molecular weight is 317 g/mol. The summed E-state index contributed by atoms with van der Waals surface area (Å²) in [7, 11) is 0. The Balaban J connectivity index is 1.45. The van der Waals surface area contributed by atoms with Crippen LogP contribution in [-0.4, -0.2) is 61.0 Å². The number of piperazine rings is 1. The first kappa shape index (κ1) is 15.1. The maximum absolute atomic E-state index is 13.5. The lowest BCUT2D eigenvalue weighted by molar-refractivity contribution is -0.133. The van der Waals surface area contributed by atoms with Crippen molar-refractivity contribution in [1.29, 1.82) is 0 Å². The van der Waals surface area contributed by atoms with Gasteiger partial charge in [0.25, 0.3) is 0 Å². The maximum atomic E-state index is 13.5. The highest BCUT2D eigenvalue weighted by molar-refractivity contribution is 5.91. The molecule has 4 rings (SSSR count). The standard InChI is InChI=1S/C18H24FN3O/c19-15-3-1-2-14(12-15)18(5-6-18)17(23)22-9-4-16(13-22)21-10-7-20-8-11-21/h1-3,12,16,20H,4-11,13H2. The second kappa shape index (κ2) is 5.87. The lowest BCUT2D eigenvalue weighted by Crippen LogP contribution is -2.49. The Morgan fingerprint density at radius 2 is 2.00 bits per heavy atom. The van der Waals surface area contributed by atoms with Crippen LogP contribution >= 0.6 is 0 Å². The van der Waals surface area contributed by atoms with Crippen molar-refractivity contribution in [3.63, 3.8) is 0 Å². The Bertz CT molecular complexity index is 596. The third-order valence-corrected chi connectivity index (χ3v) is 5.66. The fraction of sp³-hybridized carbons (Fsp3) is 0.611. The molecule has 3 fully saturated rings. The molecule has 23 heavy (non-hydrogen) atoms. The highest BCUT2D eigenvalue weighted by Gasteiger charge is 2.54. The van der Waals surface area contributed by atoms with E-state index in [4.69, 9.17) is 0 Å². The first-order chi connectivity index (χ1) is 11.2. The van der Waals surface area contributed by atoms with E-state index in [2.05, 4.69) is 10.2 Å². The fourth-order valence-corrected chi connectivity index (χ4v) is 4.11. The number of benzene rings is 1. The van der Waals surface area contributed by atoms with Crippen LogP contribution in [0, 0.1) is 5.82 Å². The first-order valence-corrected chi connectivity index (χ1v) is 8.69. The Labute approximate surface area is 136 Å². The van der Waals surface area contributed by atoms with Gasteiger partial charge in [-0.15, -0.1) is 0 Å². The second-order valence-electron chi connectivity index (χ2n) is 7.07. The second-order valence-corrected chi connectivity index (χ2v) is 7.07. The summed E-state index contributed by atoms with van der Waals surface area (Å²) in [5, 5.41) is 3.38. The van der Waals surface area contributed by atoms with Crippen molar-refractivity contribution in [3.05, 3.63) is 35.6 Å². The van der Waals surface area contributed by atoms with E-state index in [9.17, 15) is 9.18 Å². The van der Waals surface area contributed by atoms with Crippen LogP contribution in [0.25, 0.3) is 0 Å². The van der Waals surface area contributed by atoms with Gasteiger partial charge in [0.05, 0.1) is 5.41 Å². The van der Waals surface area contributed by atoms with E-state index in [1.165, 1.54) is 12.1 Å². The van der Waals surface area contributed by atoms with Gasteiger partial charge in [0.1, 0.15) is 5.82 Å². The molecule has 1 atom stereocenters. The number of rotatable bonds is 3. The van der Waals surface area contributed by atoms with E-state index < -0.39 is 5.41 Å². The lowest BCUT2D eigenvalue weighted by Gasteiger charge is -2.33. The molecule has 1 aromatic carbocycles. The highest BCUT2D eigenvalue weighted by Crippen LogP contribution is 2.50. The molecule has 1 aliphatic carbocycles. The van der Waals surface area contributed by atoms with Gasteiger partial charge in [-0.1, -0.05) is 12.1 Å².